The third-order valence-electron chi connectivity index (χ3n) is 5.33. The van der Waals surface area contributed by atoms with E-state index in [-0.39, 0.29) is 17.9 Å². The first-order chi connectivity index (χ1) is 11.8. The van der Waals surface area contributed by atoms with E-state index in [4.69, 9.17) is 0 Å². The average Bonchev–Trinajstić information content (AvgIpc) is 3.04. The molecule has 7 nitrogen and oxygen atoms in total. The van der Waals surface area contributed by atoms with Gasteiger partial charge in [-0.2, -0.15) is 10.2 Å². The molecule has 3 rings (SSSR count). The summed E-state index contributed by atoms with van der Waals surface area (Å²) in [5.74, 6) is 1.71. The van der Waals surface area contributed by atoms with Gasteiger partial charge in [0, 0.05) is 31.4 Å². The molecule has 0 radical (unpaired) electrons. The molecule has 1 aliphatic heterocycles. The van der Waals surface area contributed by atoms with E-state index < -0.39 is 0 Å². The smallest absolute Gasteiger partial charge is 0.230 e. The summed E-state index contributed by atoms with van der Waals surface area (Å²) in [7, 11) is 1.93. The van der Waals surface area contributed by atoms with Crippen molar-refractivity contribution < 1.29 is 4.79 Å². The van der Waals surface area contributed by atoms with Gasteiger partial charge in [-0.3, -0.25) is 9.48 Å². The summed E-state index contributed by atoms with van der Waals surface area (Å²) >= 11 is 0. The number of hydrogen-bond acceptors (Lipinski definition) is 4. The number of rotatable bonds is 3. The van der Waals surface area contributed by atoms with Gasteiger partial charge in [0.05, 0.1) is 17.7 Å². The largest absolute Gasteiger partial charge is 0.340 e. The molecule has 0 unspecified atom stereocenters. The molecule has 2 atom stereocenters. The highest BCUT2D eigenvalue weighted by molar-refractivity contribution is 5.84. The molecule has 136 valence electrons. The van der Waals surface area contributed by atoms with E-state index in [0.717, 1.165) is 48.0 Å². The molecular weight excluding hydrogens is 316 g/mol. The number of aryl methyl sites for hydroxylation is 4. The third kappa shape index (κ3) is 3.19. The lowest BCUT2D eigenvalue weighted by atomic mass is 9.96. The third-order valence-corrected chi connectivity index (χ3v) is 5.33. The van der Waals surface area contributed by atoms with Gasteiger partial charge in [-0.1, -0.05) is 0 Å². The van der Waals surface area contributed by atoms with E-state index in [1.54, 1.807) is 0 Å². The van der Waals surface area contributed by atoms with Crippen molar-refractivity contribution in [2.75, 3.05) is 13.1 Å². The molecule has 1 fully saturated rings. The van der Waals surface area contributed by atoms with Crippen molar-refractivity contribution in [3.8, 4) is 0 Å². The Morgan fingerprint density at radius 3 is 2.48 bits per heavy atom. The summed E-state index contributed by atoms with van der Waals surface area (Å²) in [6.07, 6.45) is 2.03. The quantitative estimate of drug-likeness (QED) is 0.856. The minimum Gasteiger partial charge on any atom is -0.340 e. The maximum absolute atomic E-state index is 13.1. The predicted octanol–water partition coefficient (Wildman–Crippen LogP) is 2.21. The van der Waals surface area contributed by atoms with Gasteiger partial charge in [-0.15, -0.1) is 0 Å². The van der Waals surface area contributed by atoms with E-state index in [2.05, 4.69) is 15.2 Å². The van der Waals surface area contributed by atoms with Crippen LogP contribution in [0.4, 0.5) is 0 Å². The first-order valence-electron chi connectivity index (χ1n) is 8.98. The Kier molecular flexibility index (Phi) is 4.67. The number of likely N-dealkylation sites (tertiary alicyclic amines) is 1. The van der Waals surface area contributed by atoms with Gasteiger partial charge in [0.25, 0.3) is 0 Å². The van der Waals surface area contributed by atoms with Crippen molar-refractivity contribution in [3.05, 3.63) is 28.6 Å². The molecule has 25 heavy (non-hydrogen) atoms. The van der Waals surface area contributed by atoms with Gasteiger partial charge in [0.1, 0.15) is 11.6 Å². The minimum absolute atomic E-state index is 0.175. The summed E-state index contributed by atoms with van der Waals surface area (Å²) in [5, 5.41) is 8.98. The molecule has 0 aliphatic carbocycles. The first-order valence-corrected chi connectivity index (χ1v) is 8.98. The average molecular weight is 344 g/mol. The Balaban J connectivity index is 1.79. The van der Waals surface area contributed by atoms with Crippen LogP contribution in [-0.4, -0.2) is 48.4 Å². The highest BCUT2D eigenvalue weighted by Crippen LogP contribution is 2.28. The highest BCUT2D eigenvalue weighted by Gasteiger charge is 2.31. The Morgan fingerprint density at radius 1 is 1.20 bits per heavy atom. The summed E-state index contributed by atoms with van der Waals surface area (Å²) in [6.45, 7) is 11.4. The summed E-state index contributed by atoms with van der Waals surface area (Å²) < 4.78 is 3.84. The van der Waals surface area contributed by atoms with Crippen LogP contribution in [0.5, 0.6) is 0 Å². The maximum Gasteiger partial charge on any atom is 0.230 e. The molecule has 0 aromatic carbocycles. The molecule has 1 amide bonds. The molecule has 1 aliphatic rings. The number of amides is 1. The lowest BCUT2D eigenvalue weighted by Gasteiger charge is -2.34. The molecule has 0 saturated carbocycles. The minimum atomic E-state index is -0.175. The second-order valence-corrected chi connectivity index (χ2v) is 7.16. The Morgan fingerprint density at radius 2 is 1.92 bits per heavy atom. The Bertz CT molecular complexity index is 790. The van der Waals surface area contributed by atoms with Gasteiger partial charge in [-0.05, 0) is 47.5 Å². The Hall–Kier alpha value is -2.18. The van der Waals surface area contributed by atoms with Gasteiger partial charge >= 0.3 is 0 Å². The summed E-state index contributed by atoms with van der Waals surface area (Å²) in [6, 6.07) is 0.210. The zero-order chi connectivity index (χ0) is 18.3. The number of nitrogens with zero attached hydrogens (tertiary/aromatic N) is 6. The normalized spacial score (nSPS) is 19.3. The second kappa shape index (κ2) is 6.61. The fraction of sp³-hybridized carbons (Fsp3) is 0.667. The van der Waals surface area contributed by atoms with Gasteiger partial charge in [0.2, 0.25) is 5.91 Å². The predicted molar refractivity (Wildman–Crippen MR) is 95.4 cm³/mol. The van der Waals surface area contributed by atoms with E-state index in [1.165, 1.54) is 0 Å². The lowest BCUT2D eigenvalue weighted by Crippen LogP contribution is -2.43. The summed E-state index contributed by atoms with van der Waals surface area (Å²) in [5.41, 5.74) is 3.06. The fourth-order valence-electron chi connectivity index (χ4n) is 4.05. The van der Waals surface area contributed by atoms with Crippen LogP contribution in [0.25, 0.3) is 0 Å². The monoisotopic (exact) mass is 344 g/mol. The van der Waals surface area contributed by atoms with Crippen molar-refractivity contribution in [1.29, 1.82) is 0 Å². The van der Waals surface area contributed by atoms with Crippen molar-refractivity contribution >= 4 is 5.91 Å². The van der Waals surface area contributed by atoms with Crippen LogP contribution >= 0.6 is 0 Å². The topological polar surface area (TPSA) is 68.8 Å². The van der Waals surface area contributed by atoms with Crippen LogP contribution in [0.3, 0.4) is 0 Å². The molecular formula is C18H28N6O. The molecule has 3 heterocycles. The van der Waals surface area contributed by atoms with Crippen LogP contribution < -0.4 is 0 Å². The van der Waals surface area contributed by atoms with Crippen LogP contribution in [0.2, 0.25) is 0 Å². The number of hydrogen-bond donors (Lipinski definition) is 0. The standard InChI is InChI=1S/C18H28N6O/c1-11(17-12(2)20-22(6)13(17)3)18(25)23-9-7-8-16(10-23)24-15(5)19-14(4)21-24/h11,16H,7-10H2,1-6H3/t11-,16+/m1/s1. The lowest BCUT2D eigenvalue weighted by molar-refractivity contribution is -0.134. The van der Waals surface area contributed by atoms with Crippen molar-refractivity contribution in [3.63, 3.8) is 0 Å². The van der Waals surface area contributed by atoms with Gasteiger partial charge in [-0.25, -0.2) is 9.67 Å². The number of aromatic nitrogens is 5. The summed E-state index contributed by atoms with van der Waals surface area (Å²) in [4.78, 5) is 19.5. The molecule has 2 aromatic rings. The van der Waals surface area contributed by atoms with Crippen LogP contribution in [0.1, 0.15) is 60.3 Å². The van der Waals surface area contributed by atoms with E-state index in [0.29, 0.717) is 6.54 Å². The van der Waals surface area contributed by atoms with Crippen LogP contribution in [-0.2, 0) is 11.8 Å². The van der Waals surface area contributed by atoms with Gasteiger partial charge < -0.3 is 4.90 Å². The van der Waals surface area contributed by atoms with Gasteiger partial charge in [0.15, 0.2) is 0 Å². The van der Waals surface area contributed by atoms with Crippen molar-refractivity contribution in [2.45, 2.75) is 59.4 Å². The Labute approximate surface area is 149 Å². The van der Waals surface area contributed by atoms with E-state index in [1.807, 2.05) is 55.9 Å². The second-order valence-electron chi connectivity index (χ2n) is 7.16. The van der Waals surface area contributed by atoms with Crippen LogP contribution in [0, 0.1) is 27.7 Å². The molecule has 0 bridgehead atoms. The maximum atomic E-state index is 13.1. The number of piperidine rings is 1. The first kappa shape index (κ1) is 17.6. The fourth-order valence-corrected chi connectivity index (χ4v) is 4.05. The van der Waals surface area contributed by atoms with E-state index >= 15 is 0 Å². The van der Waals surface area contributed by atoms with Crippen LogP contribution in [0.15, 0.2) is 0 Å². The SMILES string of the molecule is Cc1nc(C)n([C@H]2CCCN(C(=O)[C@H](C)c3c(C)nn(C)c3C)C2)n1. The molecule has 2 aromatic heterocycles. The van der Waals surface area contributed by atoms with E-state index in [9.17, 15) is 4.79 Å². The van der Waals surface area contributed by atoms with Crippen molar-refractivity contribution in [2.24, 2.45) is 7.05 Å². The number of carbonyl (C=O) groups is 1. The molecule has 7 heteroatoms. The number of carbonyl (C=O) groups excluding carboxylic acids is 1. The highest BCUT2D eigenvalue weighted by atomic mass is 16.2. The van der Waals surface area contributed by atoms with Crippen molar-refractivity contribution in [1.82, 2.24) is 29.4 Å². The zero-order valence-electron chi connectivity index (χ0n) is 16.1. The molecule has 1 saturated heterocycles. The zero-order valence-corrected chi connectivity index (χ0v) is 16.1. The molecule has 0 spiro atoms. The molecule has 0 N–H and O–H groups in total.